The summed E-state index contributed by atoms with van der Waals surface area (Å²) in [6, 6.07) is 33.0. The van der Waals surface area contributed by atoms with Gasteiger partial charge in [-0.25, -0.2) is 0 Å². The molecule has 3 rings (SSSR count). The lowest BCUT2D eigenvalue weighted by Gasteiger charge is -2.23. The molecule has 4 nitrogen and oxygen atoms in total. The van der Waals surface area contributed by atoms with Crippen LogP contribution in [0.3, 0.4) is 0 Å². The number of unbranched alkanes of at least 4 members (excludes halogenated alkanes) is 5. The zero-order valence-electron chi connectivity index (χ0n) is 25.0. The van der Waals surface area contributed by atoms with E-state index in [0.29, 0.717) is 6.04 Å². The second-order valence-corrected chi connectivity index (χ2v) is 11.2. The van der Waals surface area contributed by atoms with E-state index in [1.165, 1.54) is 74.7 Å². The molecule has 0 aromatic heterocycles. The Balaban J connectivity index is 1.30. The Labute approximate surface area is 245 Å². The van der Waals surface area contributed by atoms with Crippen LogP contribution in [0.15, 0.2) is 91.0 Å². The lowest BCUT2D eigenvalue weighted by Crippen LogP contribution is -2.29. The summed E-state index contributed by atoms with van der Waals surface area (Å²) < 4.78 is 0. The van der Waals surface area contributed by atoms with Gasteiger partial charge in [0.1, 0.15) is 0 Å². The van der Waals surface area contributed by atoms with Gasteiger partial charge in [-0.15, -0.1) is 0 Å². The molecule has 3 aromatic rings. The third kappa shape index (κ3) is 13.7. The van der Waals surface area contributed by atoms with Gasteiger partial charge in [-0.3, -0.25) is 9.80 Å². The molecule has 0 aliphatic carbocycles. The van der Waals surface area contributed by atoms with E-state index in [4.69, 9.17) is 5.73 Å². The molecule has 0 heterocycles. The second kappa shape index (κ2) is 20.4. The summed E-state index contributed by atoms with van der Waals surface area (Å²) in [5, 5.41) is 3.71. The molecule has 1 unspecified atom stereocenters. The maximum absolute atomic E-state index is 5.79. The van der Waals surface area contributed by atoms with Crippen LogP contribution in [0.1, 0.15) is 81.0 Å². The average molecular weight is 543 g/mol. The predicted octanol–water partition coefficient (Wildman–Crippen LogP) is 7.42. The summed E-state index contributed by atoms with van der Waals surface area (Å²) in [6.45, 7) is 10.8. The highest BCUT2D eigenvalue weighted by atomic mass is 15.1. The summed E-state index contributed by atoms with van der Waals surface area (Å²) in [7, 11) is 0. The van der Waals surface area contributed by atoms with Gasteiger partial charge in [0.15, 0.2) is 0 Å². The van der Waals surface area contributed by atoms with E-state index < -0.39 is 0 Å². The molecule has 3 aromatic carbocycles. The lowest BCUT2D eigenvalue weighted by molar-refractivity contribution is 0.250. The van der Waals surface area contributed by atoms with Crippen molar-refractivity contribution in [3.8, 4) is 0 Å². The Kier molecular flexibility index (Phi) is 16.3. The SMILES string of the molecule is CC(NCCCN(CCCCCCCCN(CCCN)Cc1ccccc1)Cc1ccccc1)c1ccccc1. The molecule has 40 heavy (non-hydrogen) atoms. The third-order valence-electron chi connectivity index (χ3n) is 7.78. The van der Waals surface area contributed by atoms with Crippen molar-refractivity contribution in [2.75, 3.05) is 39.3 Å². The Hall–Kier alpha value is -2.50. The summed E-state index contributed by atoms with van der Waals surface area (Å²) in [4.78, 5) is 5.24. The number of rotatable bonds is 22. The minimum absolute atomic E-state index is 0.398. The first kappa shape index (κ1) is 32.0. The van der Waals surface area contributed by atoms with Crippen LogP contribution in [-0.4, -0.2) is 49.1 Å². The van der Waals surface area contributed by atoms with Crippen molar-refractivity contribution in [1.29, 1.82) is 0 Å². The number of nitrogens with zero attached hydrogens (tertiary/aromatic N) is 2. The largest absolute Gasteiger partial charge is 0.330 e. The summed E-state index contributed by atoms with van der Waals surface area (Å²) in [5.41, 5.74) is 9.98. The molecule has 0 spiro atoms. The fraction of sp³-hybridized carbons (Fsp3) is 0.500. The second-order valence-electron chi connectivity index (χ2n) is 11.2. The summed E-state index contributed by atoms with van der Waals surface area (Å²) in [5.74, 6) is 0. The van der Waals surface area contributed by atoms with E-state index in [2.05, 4.69) is 113 Å². The maximum Gasteiger partial charge on any atom is 0.0291 e. The standard InChI is InChI=1S/C36H54N4/c1-33(36-23-13-8-14-24-36)38-26-18-30-40(32-35-21-11-7-12-22-35)28-16-5-3-2-4-15-27-39(29-17-25-37)31-34-19-9-6-10-20-34/h6-14,19-24,33,38H,2-5,15-18,25-32,37H2,1H3. The highest BCUT2D eigenvalue weighted by Crippen LogP contribution is 2.13. The summed E-state index contributed by atoms with van der Waals surface area (Å²) in [6.07, 6.45) is 10.2. The fourth-order valence-electron chi connectivity index (χ4n) is 5.40. The van der Waals surface area contributed by atoms with E-state index in [1.54, 1.807) is 0 Å². The quantitative estimate of drug-likeness (QED) is 0.130. The van der Waals surface area contributed by atoms with Gasteiger partial charge in [-0.2, -0.15) is 0 Å². The topological polar surface area (TPSA) is 44.5 Å². The van der Waals surface area contributed by atoms with Crippen molar-refractivity contribution in [2.45, 2.75) is 77.4 Å². The maximum atomic E-state index is 5.79. The van der Waals surface area contributed by atoms with Crippen LogP contribution in [0, 0.1) is 0 Å². The van der Waals surface area contributed by atoms with Gasteiger partial charge in [-0.1, -0.05) is 117 Å². The van der Waals surface area contributed by atoms with Crippen molar-refractivity contribution in [1.82, 2.24) is 15.1 Å². The number of benzene rings is 3. The first-order chi connectivity index (χ1) is 19.7. The van der Waals surface area contributed by atoms with Gasteiger partial charge in [0, 0.05) is 19.1 Å². The van der Waals surface area contributed by atoms with E-state index in [-0.39, 0.29) is 0 Å². The van der Waals surface area contributed by atoms with E-state index in [1.807, 2.05) is 0 Å². The Morgan fingerprint density at radius 3 is 1.48 bits per heavy atom. The van der Waals surface area contributed by atoms with Gasteiger partial charge in [0.25, 0.3) is 0 Å². The molecule has 0 radical (unpaired) electrons. The Morgan fingerprint density at radius 2 is 0.975 bits per heavy atom. The van der Waals surface area contributed by atoms with Crippen LogP contribution >= 0.6 is 0 Å². The van der Waals surface area contributed by atoms with Gasteiger partial charge in [0.05, 0.1) is 0 Å². The first-order valence-corrected chi connectivity index (χ1v) is 15.8. The van der Waals surface area contributed by atoms with Gasteiger partial charge in [-0.05, 0) is 88.6 Å². The van der Waals surface area contributed by atoms with Crippen molar-refractivity contribution in [3.05, 3.63) is 108 Å². The van der Waals surface area contributed by atoms with Crippen LogP contribution in [0.5, 0.6) is 0 Å². The summed E-state index contributed by atoms with van der Waals surface area (Å²) >= 11 is 0. The van der Waals surface area contributed by atoms with Crippen LogP contribution in [0.4, 0.5) is 0 Å². The van der Waals surface area contributed by atoms with Crippen LogP contribution < -0.4 is 11.1 Å². The number of hydrogen-bond donors (Lipinski definition) is 2. The number of nitrogens with one attached hydrogen (secondary N) is 1. The Bertz CT molecular complexity index is 979. The molecule has 0 amide bonds. The normalized spacial score (nSPS) is 12.3. The number of nitrogens with two attached hydrogens (primary N) is 1. The molecule has 1 atom stereocenters. The first-order valence-electron chi connectivity index (χ1n) is 15.8. The molecule has 0 saturated heterocycles. The zero-order chi connectivity index (χ0) is 28.1. The molecule has 0 bridgehead atoms. The van der Waals surface area contributed by atoms with Gasteiger partial charge in [0.2, 0.25) is 0 Å². The van der Waals surface area contributed by atoms with Crippen LogP contribution in [0.2, 0.25) is 0 Å². The highest BCUT2D eigenvalue weighted by molar-refractivity contribution is 5.18. The zero-order valence-corrected chi connectivity index (χ0v) is 25.0. The van der Waals surface area contributed by atoms with Crippen molar-refractivity contribution >= 4 is 0 Å². The molecule has 0 aliphatic heterocycles. The van der Waals surface area contributed by atoms with Crippen molar-refractivity contribution in [3.63, 3.8) is 0 Å². The molecular weight excluding hydrogens is 488 g/mol. The minimum Gasteiger partial charge on any atom is -0.330 e. The van der Waals surface area contributed by atoms with Crippen molar-refractivity contribution in [2.24, 2.45) is 5.73 Å². The average Bonchev–Trinajstić information content (AvgIpc) is 3.00. The van der Waals surface area contributed by atoms with Crippen LogP contribution in [0.25, 0.3) is 0 Å². The van der Waals surface area contributed by atoms with Gasteiger partial charge >= 0.3 is 0 Å². The molecular formula is C36H54N4. The van der Waals surface area contributed by atoms with Gasteiger partial charge < -0.3 is 11.1 Å². The minimum atomic E-state index is 0.398. The number of hydrogen-bond acceptors (Lipinski definition) is 4. The smallest absolute Gasteiger partial charge is 0.0291 e. The molecule has 3 N–H and O–H groups in total. The molecule has 0 saturated carbocycles. The highest BCUT2D eigenvalue weighted by Gasteiger charge is 2.09. The third-order valence-corrected chi connectivity index (χ3v) is 7.78. The molecule has 218 valence electrons. The molecule has 0 aliphatic rings. The monoisotopic (exact) mass is 542 g/mol. The molecule has 0 fully saturated rings. The van der Waals surface area contributed by atoms with E-state index in [0.717, 1.165) is 45.7 Å². The fourth-order valence-corrected chi connectivity index (χ4v) is 5.40. The van der Waals surface area contributed by atoms with Crippen LogP contribution in [-0.2, 0) is 13.1 Å². The lowest BCUT2D eigenvalue weighted by atomic mass is 10.1. The van der Waals surface area contributed by atoms with E-state index in [9.17, 15) is 0 Å². The Morgan fingerprint density at radius 1 is 0.550 bits per heavy atom. The van der Waals surface area contributed by atoms with E-state index >= 15 is 0 Å². The predicted molar refractivity (Wildman–Crippen MR) is 172 cm³/mol. The molecule has 4 heteroatoms. The van der Waals surface area contributed by atoms with Crippen molar-refractivity contribution < 1.29 is 0 Å².